The van der Waals surface area contributed by atoms with Crippen molar-refractivity contribution in [1.82, 2.24) is 14.7 Å². The van der Waals surface area contributed by atoms with Crippen LogP contribution in [0.4, 0.5) is 4.79 Å². The molecule has 5 heteroatoms. The van der Waals surface area contributed by atoms with Crippen LogP contribution >= 0.6 is 0 Å². The minimum absolute atomic E-state index is 0.126. The average Bonchev–Trinajstić information content (AvgIpc) is 3.10. The van der Waals surface area contributed by atoms with Crippen LogP contribution < -0.4 is 0 Å². The molecule has 132 valence electrons. The highest BCUT2D eigenvalue weighted by Crippen LogP contribution is 2.45. The molecule has 0 saturated carbocycles. The highest BCUT2D eigenvalue weighted by molar-refractivity contribution is 5.75. The Morgan fingerprint density at radius 1 is 1.25 bits per heavy atom. The lowest BCUT2D eigenvalue weighted by atomic mass is 9.88. The van der Waals surface area contributed by atoms with Gasteiger partial charge in [-0.2, -0.15) is 0 Å². The summed E-state index contributed by atoms with van der Waals surface area (Å²) in [7, 11) is 5.44. The number of benzene rings is 1. The molecule has 0 aliphatic carbocycles. The zero-order chi connectivity index (χ0) is 17.3. The molecule has 3 rings (SSSR count). The van der Waals surface area contributed by atoms with E-state index in [1.807, 2.05) is 14.1 Å². The van der Waals surface area contributed by atoms with E-state index in [2.05, 4.69) is 41.0 Å². The van der Waals surface area contributed by atoms with Gasteiger partial charge in [-0.1, -0.05) is 24.3 Å². The van der Waals surface area contributed by atoms with Crippen LogP contribution in [0.1, 0.15) is 17.2 Å². The monoisotopic (exact) mass is 331 g/mol. The standard InChI is InChI=1S/C19H29N3O2/c1-14-7-5-6-8-16(14)18-17-13-21(9-10-24-4)11-15(17)12-22(18)19(23)20(2)3/h5-8,15,17-18H,9-13H2,1-4H3/t15-,17-,18+/m1/s1. The lowest BCUT2D eigenvalue weighted by molar-refractivity contribution is 0.137. The van der Waals surface area contributed by atoms with Crippen LogP contribution in [0, 0.1) is 18.8 Å². The number of rotatable bonds is 4. The van der Waals surface area contributed by atoms with E-state index < -0.39 is 0 Å². The molecule has 0 radical (unpaired) electrons. The number of urea groups is 1. The summed E-state index contributed by atoms with van der Waals surface area (Å²) >= 11 is 0. The minimum atomic E-state index is 0.126. The van der Waals surface area contributed by atoms with Crippen molar-refractivity contribution in [3.05, 3.63) is 35.4 Å². The van der Waals surface area contributed by atoms with E-state index in [-0.39, 0.29) is 12.1 Å². The zero-order valence-corrected chi connectivity index (χ0v) is 15.2. The highest BCUT2D eigenvalue weighted by atomic mass is 16.5. The Labute approximate surface area is 145 Å². The first kappa shape index (κ1) is 17.2. The fourth-order valence-electron chi connectivity index (χ4n) is 4.31. The lowest BCUT2D eigenvalue weighted by Gasteiger charge is -2.32. The first-order chi connectivity index (χ1) is 11.5. The Hall–Kier alpha value is -1.59. The average molecular weight is 331 g/mol. The maximum Gasteiger partial charge on any atom is 0.320 e. The largest absolute Gasteiger partial charge is 0.383 e. The molecule has 0 spiro atoms. The number of amides is 2. The Morgan fingerprint density at radius 3 is 2.67 bits per heavy atom. The molecule has 0 N–H and O–H groups in total. The van der Waals surface area contributed by atoms with E-state index in [1.165, 1.54) is 11.1 Å². The Kier molecular flexibility index (Phi) is 5.11. The van der Waals surface area contributed by atoms with Gasteiger partial charge in [-0.15, -0.1) is 0 Å². The number of hydrogen-bond donors (Lipinski definition) is 0. The predicted octanol–water partition coefficient (Wildman–Crippen LogP) is 2.23. The van der Waals surface area contributed by atoms with Crippen LogP contribution in [0.15, 0.2) is 24.3 Å². The van der Waals surface area contributed by atoms with Gasteiger partial charge < -0.3 is 19.4 Å². The summed E-state index contributed by atoms with van der Waals surface area (Å²) in [6, 6.07) is 8.81. The van der Waals surface area contributed by atoms with Gasteiger partial charge in [0.05, 0.1) is 12.6 Å². The summed E-state index contributed by atoms with van der Waals surface area (Å²) < 4.78 is 5.23. The van der Waals surface area contributed by atoms with E-state index in [1.54, 1.807) is 12.0 Å². The molecule has 2 saturated heterocycles. The van der Waals surface area contributed by atoms with Gasteiger partial charge in [0.25, 0.3) is 0 Å². The molecule has 2 heterocycles. The van der Waals surface area contributed by atoms with Crippen LogP contribution in [0.2, 0.25) is 0 Å². The molecule has 5 nitrogen and oxygen atoms in total. The SMILES string of the molecule is COCCN1C[C@@H]2CN(C(=O)N(C)C)[C@@H](c3ccccc3C)[C@@H]2C1. The summed E-state index contributed by atoms with van der Waals surface area (Å²) in [6.45, 7) is 6.86. The predicted molar refractivity (Wildman–Crippen MR) is 95.0 cm³/mol. The fraction of sp³-hybridized carbons (Fsp3) is 0.632. The third-order valence-corrected chi connectivity index (χ3v) is 5.49. The molecule has 2 aliphatic rings. The second kappa shape index (κ2) is 7.11. The van der Waals surface area contributed by atoms with Crippen molar-refractivity contribution in [2.24, 2.45) is 11.8 Å². The van der Waals surface area contributed by atoms with Crippen molar-refractivity contribution in [3.8, 4) is 0 Å². The second-order valence-electron chi connectivity index (χ2n) is 7.31. The molecule has 24 heavy (non-hydrogen) atoms. The smallest absolute Gasteiger partial charge is 0.320 e. The maximum absolute atomic E-state index is 12.7. The molecule has 1 aromatic rings. The lowest BCUT2D eigenvalue weighted by Crippen LogP contribution is -2.41. The number of nitrogens with zero attached hydrogens (tertiary/aromatic N) is 3. The van der Waals surface area contributed by atoms with Crippen LogP contribution in [0.5, 0.6) is 0 Å². The van der Waals surface area contributed by atoms with Crippen molar-refractivity contribution in [2.45, 2.75) is 13.0 Å². The van der Waals surface area contributed by atoms with E-state index in [0.717, 1.165) is 32.8 Å². The van der Waals surface area contributed by atoms with Gasteiger partial charge in [0.1, 0.15) is 0 Å². The van der Waals surface area contributed by atoms with E-state index in [4.69, 9.17) is 4.74 Å². The van der Waals surface area contributed by atoms with Gasteiger partial charge in [-0.05, 0) is 24.0 Å². The number of ether oxygens (including phenoxy) is 1. The van der Waals surface area contributed by atoms with Crippen LogP contribution in [-0.2, 0) is 4.74 Å². The van der Waals surface area contributed by atoms with Crippen molar-refractivity contribution in [3.63, 3.8) is 0 Å². The number of methoxy groups -OCH3 is 1. The quantitative estimate of drug-likeness (QED) is 0.849. The van der Waals surface area contributed by atoms with Crippen molar-refractivity contribution < 1.29 is 9.53 Å². The molecule has 2 fully saturated rings. The second-order valence-corrected chi connectivity index (χ2v) is 7.31. The highest BCUT2D eigenvalue weighted by Gasteiger charge is 2.49. The number of fused-ring (bicyclic) bond motifs is 1. The third kappa shape index (κ3) is 3.15. The molecule has 0 unspecified atom stereocenters. The Balaban J connectivity index is 1.87. The zero-order valence-electron chi connectivity index (χ0n) is 15.2. The Bertz CT molecular complexity index is 590. The van der Waals surface area contributed by atoms with Crippen molar-refractivity contribution in [1.29, 1.82) is 0 Å². The van der Waals surface area contributed by atoms with Crippen molar-refractivity contribution in [2.75, 3.05) is 54.0 Å². The first-order valence-electron chi connectivity index (χ1n) is 8.77. The minimum Gasteiger partial charge on any atom is -0.383 e. The van der Waals surface area contributed by atoms with E-state index in [0.29, 0.717) is 11.8 Å². The van der Waals surface area contributed by atoms with Gasteiger partial charge in [0, 0.05) is 53.3 Å². The van der Waals surface area contributed by atoms with E-state index in [9.17, 15) is 4.79 Å². The molecular formula is C19H29N3O2. The first-order valence-corrected chi connectivity index (χ1v) is 8.77. The Morgan fingerprint density at radius 2 is 2.00 bits per heavy atom. The topological polar surface area (TPSA) is 36.0 Å². The summed E-state index contributed by atoms with van der Waals surface area (Å²) in [5.41, 5.74) is 2.57. The summed E-state index contributed by atoms with van der Waals surface area (Å²) in [6.07, 6.45) is 0. The van der Waals surface area contributed by atoms with Crippen LogP contribution in [0.3, 0.4) is 0 Å². The summed E-state index contributed by atoms with van der Waals surface area (Å²) in [4.78, 5) is 19.0. The van der Waals surface area contributed by atoms with Crippen molar-refractivity contribution >= 4 is 6.03 Å². The molecular weight excluding hydrogens is 302 g/mol. The number of carbonyl (C=O) groups is 1. The van der Waals surface area contributed by atoms with Gasteiger partial charge in [-0.3, -0.25) is 0 Å². The number of aryl methyl sites for hydroxylation is 1. The number of likely N-dealkylation sites (tertiary alicyclic amines) is 2. The molecule has 2 amide bonds. The fourth-order valence-corrected chi connectivity index (χ4v) is 4.31. The van der Waals surface area contributed by atoms with Gasteiger partial charge >= 0.3 is 6.03 Å². The molecule has 0 bridgehead atoms. The van der Waals surface area contributed by atoms with Crippen LogP contribution in [-0.4, -0.2) is 74.7 Å². The maximum atomic E-state index is 12.7. The van der Waals surface area contributed by atoms with Crippen LogP contribution in [0.25, 0.3) is 0 Å². The molecule has 0 aromatic heterocycles. The molecule has 3 atom stereocenters. The van der Waals surface area contributed by atoms with Gasteiger partial charge in [-0.25, -0.2) is 4.79 Å². The summed E-state index contributed by atoms with van der Waals surface area (Å²) in [5, 5.41) is 0. The normalized spacial score (nSPS) is 26.7. The van der Waals surface area contributed by atoms with Gasteiger partial charge in [0.2, 0.25) is 0 Å². The third-order valence-electron chi connectivity index (χ3n) is 5.49. The molecule has 2 aliphatic heterocycles. The number of carbonyl (C=O) groups excluding carboxylic acids is 1. The van der Waals surface area contributed by atoms with Gasteiger partial charge in [0.15, 0.2) is 0 Å². The number of hydrogen-bond acceptors (Lipinski definition) is 3. The summed E-state index contributed by atoms with van der Waals surface area (Å²) in [5.74, 6) is 1.06. The molecule has 1 aromatic carbocycles. The van der Waals surface area contributed by atoms with E-state index >= 15 is 0 Å².